The lowest BCUT2D eigenvalue weighted by Crippen LogP contribution is -2.53. The number of fused-ring (bicyclic) bond motifs is 5. The van der Waals surface area contributed by atoms with Crippen LogP contribution >= 0.6 is 0 Å². The van der Waals surface area contributed by atoms with Gasteiger partial charge in [-0.15, -0.1) is 0 Å². The Bertz CT molecular complexity index is 817. The summed E-state index contributed by atoms with van der Waals surface area (Å²) >= 11 is 0. The number of Topliss-reactive ketones (excluding diaryl/α,β-unsaturated/α-hetero) is 1. The lowest BCUT2D eigenvalue weighted by molar-refractivity contribution is -0.136. The molecular formula is C28H39FO. The lowest BCUT2D eigenvalue weighted by Gasteiger charge is -2.61. The summed E-state index contributed by atoms with van der Waals surface area (Å²) in [6, 6.07) is 6.82. The number of carbonyl (C=O) groups is 1. The highest BCUT2D eigenvalue weighted by molar-refractivity contribution is 5.84. The Morgan fingerprint density at radius 1 is 0.967 bits per heavy atom. The molecule has 8 atom stereocenters. The number of hydrogen-bond acceptors (Lipinski definition) is 1. The molecule has 0 radical (unpaired) electrons. The first-order valence-electron chi connectivity index (χ1n) is 12.6. The van der Waals surface area contributed by atoms with E-state index in [4.69, 9.17) is 0 Å². The van der Waals surface area contributed by atoms with Crippen LogP contribution in [0, 0.1) is 52.2 Å². The Morgan fingerprint density at radius 2 is 1.70 bits per heavy atom. The second kappa shape index (κ2) is 7.45. The number of halogens is 1. The van der Waals surface area contributed by atoms with Gasteiger partial charge in [-0.1, -0.05) is 45.4 Å². The minimum atomic E-state index is -0.230. The van der Waals surface area contributed by atoms with Gasteiger partial charge in [0.2, 0.25) is 0 Å². The number of rotatable bonds is 3. The highest BCUT2D eigenvalue weighted by Gasteiger charge is 2.60. The highest BCUT2D eigenvalue weighted by atomic mass is 19.1. The van der Waals surface area contributed by atoms with Crippen molar-refractivity contribution < 1.29 is 9.18 Å². The van der Waals surface area contributed by atoms with Crippen molar-refractivity contribution >= 4 is 5.78 Å². The molecule has 2 heteroatoms. The van der Waals surface area contributed by atoms with Crippen LogP contribution < -0.4 is 0 Å². The van der Waals surface area contributed by atoms with Crippen LogP contribution in [0.15, 0.2) is 24.3 Å². The molecule has 0 saturated heterocycles. The van der Waals surface area contributed by atoms with E-state index in [0.29, 0.717) is 16.9 Å². The van der Waals surface area contributed by atoms with Crippen LogP contribution in [0.25, 0.3) is 0 Å². The molecule has 0 bridgehead atoms. The molecule has 4 aliphatic carbocycles. The first-order valence-corrected chi connectivity index (χ1v) is 12.6. The average molecular weight is 411 g/mol. The molecule has 1 aromatic carbocycles. The van der Waals surface area contributed by atoms with E-state index < -0.39 is 0 Å². The lowest BCUT2D eigenvalue weighted by atomic mass is 9.44. The first kappa shape index (κ1) is 20.7. The van der Waals surface area contributed by atoms with E-state index in [1.807, 2.05) is 6.07 Å². The normalized spacial score (nSPS) is 45.3. The Kier molecular flexibility index (Phi) is 5.14. The van der Waals surface area contributed by atoms with Crippen molar-refractivity contribution in [2.45, 2.75) is 85.0 Å². The molecule has 0 N–H and O–H groups in total. The Morgan fingerprint density at radius 3 is 2.50 bits per heavy atom. The zero-order chi connectivity index (χ0) is 21.1. The van der Waals surface area contributed by atoms with Gasteiger partial charge in [0.05, 0.1) is 0 Å². The standard InChI is InChI=1S/C28H39FO/c1-18-12-14-27(2)20(16-18)8-9-21-22-10-11-24(28(22,3)15-13-23(21)27)26(30)17-19-6-4-5-7-25(19)29/h4-7,18,20-24H,8-17H2,1-3H3/t18?,20?,21?,22?,23?,24-,27+,28+/m1/s1. The van der Waals surface area contributed by atoms with Gasteiger partial charge in [-0.2, -0.15) is 0 Å². The average Bonchev–Trinajstić information content (AvgIpc) is 3.07. The molecule has 0 aromatic heterocycles. The molecule has 0 heterocycles. The Hall–Kier alpha value is -1.18. The van der Waals surface area contributed by atoms with Gasteiger partial charge in [0, 0.05) is 12.3 Å². The predicted molar refractivity (Wildman–Crippen MR) is 119 cm³/mol. The molecule has 0 amide bonds. The van der Waals surface area contributed by atoms with Crippen LogP contribution in [0.2, 0.25) is 0 Å². The molecule has 164 valence electrons. The fourth-order valence-electron chi connectivity index (χ4n) is 8.95. The molecule has 1 aromatic rings. The van der Waals surface area contributed by atoms with Crippen LogP contribution in [0.4, 0.5) is 4.39 Å². The van der Waals surface area contributed by atoms with Gasteiger partial charge in [-0.3, -0.25) is 4.79 Å². The quantitative estimate of drug-likeness (QED) is 0.513. The van der Waals surface area contributed by atoms with E-state index in [0.717, 1.165) is 30.1 Å². The van der Waals surface area contributed by atoms with E-state index in [9.17, 15) is 9.18 Å². The van der Waals surface area contributed by atoms with Crippen LogP contribution in [-0.4, -0.2) is 5.78 Å². The predicted octanol–water partition coefficient (Wildman–Crippen LogP) is 7.23. The van der Waals surface area contributed by atoms with Crippen molar-refractivity contribution in [1.29, 1.82) is 0 Å². The number of ketones is 1. The molecular weight excluding hydrogens is 371 g/mol. The van der Waals surface area contributed by atoms with Gasteiger partial charge in [0.1, 0.15) is 11.6 Å². The largest absolute Gasteiger partial charge is 0.299 e. The van der Waals surface area contributed by atoms with Gasteiger partial charge >= 0.3 is 0 Å². The third-order valence-corrected chi connectivity index (χ3v) is 10.6. The molecule has 4 fully saturated rings. The van der Waals surface area contributed by atoms with Gasteiger partial charge in [0.25, 0.3) is 0 Å². The summed E-state index contributed by atoms with van der Waals surface area (Å²) in [5, 5.41) is 0. The van der Waals surface area contributed by atoms with Gasteiger partial charge in [-0.25, -0.2) is 4.39 Å². The molecule has 30 heavy (non-hydrogen) atoms. The van der Waals surface area contributed by atoms with Crippen molar-refractivity contribution in [3.8, 4) is 0 Å². The van der Waals surface area contributed by atoms with E-state index in [2.05, 4.69) is 20.8 Å². The van der Waals surface area contributed by atoms with E-state index in [-0.39, 0.29) is 29.4 Å². The number of benzene rings is 1. The topological polar surface area (TPSA) is 17.1 Å². The van der Waals surface area contributed by atoms with E-state index in [1.54, 1.807) is 12.1 Å². The summed E-state index contributed by atoms with van der Waals surface area (Å²) in [6.07, 6.45) is 12.1. The smallest absolute Gasteiger partial charge is 0.140 e. The van der Waals surface area contributed by atoms with Crippen LogP contribution in [0.5, 0.6) is 0 Å². The van der Waals surface area contributed by atoms with E-state index >= 15 is 0 Å². The van der Waals surface area contributed by atoms with Crippen molar-refractivity contribution in [1.82, 2.24) is 0 Å². The second-order valence-electron chi connectivity index (χ2n) is 11.9. The summed E-state index contributed by atoms with van der Waals surface area (Å²) in [4.78, 5) is 13.3. The minimum absolute atomic E-state index is 0.125. The minimum Gasteiger partial charge on any atom is -0.299 e. The molecule has 4 aliphatic rings. The molecule has 5 unspecified atom stereocenters. The summed E-state index contributed by atoms with van der Waals surface area (Å²) in [5.41, 5.74) is 1.24. The first-order chi connectivity index (χ1) is 14.3. The summed E-state index contributed by atoms with van der Waals surface area (Å²) in [6.45, 7) is 7.49. The zero-order valence-corrected chi connectivity index (χ0v) is 19.1. The van der Waals surface area contributed by atoms with Crippen molar-refractivity contribution in [3.05, 3.63) is 35.6 Å². The van der Waals surface area contributed by atoms with Gasteiger partial charge < -0.3 is 0 Å². The monoisotopic (exact) mass is 410 g/mol. The van der Waals surface area contributed by atoms with Crippen molar-refractivity contribution in [3.63, 3.8) is 0 Å². The third-order valence-electron chi connectivity index (χ3n) is 10.6. The van der Waals surface area contributed by atoms with Crippen molar-refractivity contribution in [2.24, 2.45) is 46.3 Å². The maximum absolute atomic E-state index is 14.2. The zero-order valence-electron chi connectivity index (χ0n) is 19.1. The van der Waals surface area contributed by atoms with E-state index in [1.165, 1.54) is 57.4 Å². The maximum atomic E-state index is 14.2. The molecule has 5 rings (SSSR count). The number of hydrogen-bond donors (Lipinski definition) is 0. The number of carbonyl (C=O) groups excluding carboxylic acids is 1. The van der Waals surface area contributed by atoms with Crippen molar-refractivity contribution in [2.75, 3.05) is 0 Å². The Balaban J connectivity index is 1.35. The SMILES string of the molecule is CC1CC[C@@]2(C)C(CCC3C2CC[C@@]2(C)C3CC[C@@H]2C(=O)Cc2ccccc2F)C1. The summed E-state index contributed by atoms with van der Waals surface area (Å²) in [7, 11) is 0. The van der Waals surface area contributed by atoms with Crippen LogP contribution in [0.1, 0.15) is 84.1 Å². The molecule has 0 aliphatic heterocycles. The Labute approximate surface area is 182 Å². The highest BCUT2D eigenvalue weighted by Crippen LogP contribution is 2.67. The van der Waals surface area contributed by atoms with Gasteiger partial charge in [-0.05, 0) is 103 Å². The second-order valence-corrected chi connectivity index (χ2v) is 11.9. The summed E-state index contributed by atoms with van der Waals surface area (Å²) < 4.78 is 14.2. The third kappa shape index (κ3) is 3.11. The molecule has 0 spiro atoms. The molecule has 1 nitrogen and oxygen atoms in total. The summed E-state index contributed by atoms with van der Waals surface area (Å²) in [5.74, 6) is 4.38. The fourth-order valence-corrected chi connectivity index (χ4v) is 8.95. The fraction of sp³-hybridized carbons (Fsp3) is 0.750. The van der Waals surface area contributed by atoms with Gasteiger partial charge in [0.15, 0.2) is 0 Å². The van der Waals surface area contributed by atoms with Crippen LogP contribution in [-0.2, 0) is 11.2 Å². The molecule has 4 saturated carbocycles. The van der Waals surface area contributed by atoms with Crippen LogP contribution in [0.3, 0.4) is 0 Å². The maximum Gasteiger partial charge on any atom is 0.140 e.